The maximum Gasteiger partial charge on any atom is -0.412 e. The third-order valence-corrected chi connectivity index (χ3v) is 19.6. The van der Waals surface area contributed by atoms with Crippen molar-refractivity contribution in [3.8, 4) is 0 Å². The van der Waals surface area contributed by atoms with E-state index >= 15 is 0 Å². The van der Waals surface area contributed by atoms with E-state index in [2.05, 4.69) is 123 Å². The number of hydrogen-bond acceptors (Lipinski definition) is 0. The summed E-state index contributed by atoms with van der Waals surface area (Å²) in [6.07, 6.45) is 15.3. The molecule has 4 aliphatic rings. The molecule has 0 aliphatic heterocycles. The van der Waals surface area contributed by atoms with Gasteiger partial charge in [-0.3, -0.25) is 0 Å². The van der Waals surface area contributed by atoms with E-state index in [0.29, 0.717) is 21.7 Å². The van der Waals surface area contributed by atoms with E-state index in [1.165, 1.54) is 77.0 Å². The third kappa shape index (κ3) is 5.58. The molecule has 0 saturated heterocycles. The number of rotatable bonds is 10. The summed E-state index contributed by atoms with van der Waals surface area (Å²) in [6, 6.07) is 5.71. The van der Waals surface area contributed by atoms with Crippen LogP contribution in [0.4, 0.5) is 0 Å². The van der Waals surface area contributed by atoms with E-state index in [1.807, 2.05) is 31.0 Å². The zero-order chi connectivity index (χ0) is 36.4. The normalized spacial score (nSPS) is 23.8. The van der Waals surface area contributed by atoms with Crippen molar-refractivity contribution in [1.29, 1.82) is 0 Å². The van der Waals surface area contributed by atoms with Gasteiger partial charge in [-0.05, 0) is 0 Å². The predicted molar refractivity (Wildman–Crippen MR) is 225 cm³/mol. The van der Waals surface area contributed by atoms with Gasteiger partial charge in [0.25, 0.3) is 0 Å². The maximum atomic E-state index is 2.86. The molecule has 0 heterocycles. The molecule has 0 atom stereocenters. The van der Waals surface area contributed by atoms with Crippen LogP contribution in [0.15, 0.2) is 12.1 Å². The minimum absolute atomic E-state index is 0. The van der Waals surface area contributed by atoms with Crippen LogP contribution >= 0.6 is 0 Å². The van der Waals surface area contributed by atoms with Crippen LogP contribution in [0.2, 0.25) is 0 Å². The van der Waals surface area contributed by atoms with Gasteiger partial charge in [-0.1, -0.05) is 0 Å². The van der Waals surface area contributed by atoms with Gasteiger partial charge >= 0.3 is 312 Å². The number of fused-ring (bicyclic) bond motifs is 4. The first-order valence-corrected chi connectivity index (χ1v) is 23.1. The summed E-state index contributed by atoms with van der Waals surface area (Å²) in [5, 5.41) is 0. The van der Waals surface area contributed by atoms with Gasteiger partial charge in [-0.15, -0.1) is 0 Å². The number of hydrogen-bond donors (Lipinski definition) is 0. The molecular weight excluding hydrogens is 681 g/mol. The van der Waals surface area contributed by atoms with E-state index in [1.54, 1.807) is 22.3 Å². The molecule has 3 heteroatoms. The molecule has 2 nitrogen and oxygen atoms in total. The topological polar surface area (TPSA) is 63.0 Å². The Morgan fingerprint density at radius 1 is 0.373 bits per heavy atom. The molecule has 4 aliphatic carbocycles. The van der Waals surface area contributed by atoms with Gasteiger partial charge in [-0.2, -0.15) is 0 Å². The molecule has 4 N–H and O–H groups in total. The number of benzene rings is 2. The van der Waals surface area contributed by atoms with Gasteiger partial charge in [0, 0.05) is 0 Å². The van der Waals surface area contributed by atoms with Crippen molar-refractivity contribution < 1.29 is 11.0 Å². The molecule has 6 rings (SSSR count). The molecule has 2 aromatic carbocycles. The maximum absolute atomic E-state index is 2.86. The van der Waals surface area contributed by atoms with Crippen LogP contribution in [-0.4, -0.2) is 26.4 Å². The molecule has 0 saturated carbocycles. The molecule has 0 amide bonds. The molecule has 0 fully saturated rings. The molecule has 51 heavy (non-hydrogen) atoms. The average Bonchev–Trinajstić information content (AvgIpc) is 3.64. The smallest absolute Gasteiger partial charge is 0.412 e. The van der Waals surface area contributed by atoms with Crippen LogP contribution < -0.4 is 8.79 Å². The standard InChI is InChI=1S/C48H74Ge.2H2O/c1-17-45(18-2)27-41(9,10)35-31(45)25-32-36(42(11,12)28-46(32,19-3)20-4)39(35)49-40-37-33(47(21-5,22-6)29-43(37,13)14)26-34-38(40)44(15,16)30-48(34,23-7)24-8;;/h25-26H,17-24,27-30H2,1-16H3;2*1H2. The zero-order valence-corrected chi connectivity index (χ0v) is 38.2. The Hall–Kier alpha value is -1.10. The van der Waals surface area contributed by atoms with E-state index in [9.17, 15) is 0 Å². The average molecular weight is 760 g/mol. The van der Waals surface area contributed by atoms with Crippen LogP contribution in [0.25, 0.3) is 0 Å². The van der Waals surface area contributed by atoms with Crippen molar-refractivity contribution in [2.45, 2.75) is 231 Å². The van der Waals surface area contributed by atoms with Crippen LogP contribution in [0, 0.1) is 0 Å². The first kappa shape index (κ1) is 42.6. The first-order valence-electron chi connectivity index (χ1n) is 21.0. The summed E-state index contributed by atoms with van der Waals surface area (Å²) in [7, 11) is 0. The second-order valence-electron chi connectivity index (χ2n) is 20.5. The van der Waals surface area contributed by atoms with Gasteiger partial charge in [0.15, 0.2) is 0 Å². The summed E-state index contributed by atoms with van der Waals surface area (Å²) >= 11 is -0.653. The third-order valence-electron chi connectivity index (χ3n) is 16.4. The largest absolute Gasteiger partial charge is 0.412 e. The fraction of sp³-hybridized carbons (Fsp3) is 0.750. The first-order chi connectivity index (χ1) is 22.7. The van der Waals surface area contributed by atoms with E-state index in [0.717, 1.165) is 0 Å². The van der Waals surface area contributed by atoms with Gasteiger partial charge in [0.2, 0.25) is 0 Å². The molecular formula is C48H78GeO2. The fourth-order valence-electron chi connectivity index (χ4n) is 13.9. The van der Waals surface area contributed by atoms with E-state index < -0.39 is 15.4 Å². The van der Waals surface area contributed by atoms with Crippen molar-refractivity contribution in [2.24, 2.45) is 0 Å². The van der Waals surface area contributed by atoms with Gasteiger partial charge in [0.1, 0.15) is 0 Å². The summed E-state index contributed by atoms with van der Waals surface area (Å²) in [4.78, 5) is 0. The summed E-state index contributed by atoms with van der Waals surface area (Å²) < 4.78 is 3.79. The van der Waals surface area contributed by atoms with E-state index in [-0.39, 0.29) is 32.6 Å². The molecule has 286 valence electrons. The van der Waals surface area contributed by atoms with Crippen LogP contribution in [0.1, 0.15) is 232 Å². The molecule has 2 radical (unpaired) electrons. The van der Waals surface area contributed by atoms with E-state index in [4.69, 9.17) is 0 Å². The Morgan fingerprint density at radius 2 is 0.549 bits per heavy atom. The fourth-order valence-corrected chi connectivity index (χ4v) is 19.4. The van der Waals surface area contributed by atoms with Crippen molar-refractivity contribution in [2.75, 3.05) is 0 Å². The molecule has 2 aromatic rings. The minimum atomic E-state index is -0.653. The predicted octanol–water partition coefficient (Wildman–Crippen LogP) is 10.6. The quantitative estimate of drug-likeness (QED) is 0.217. The van der Waals surface area contributed by atoms with Crippen LogP contribution in [0.5, 0.6) is 0 Å². The van der Waals surface area contributed by atoms with Crippen molar-refractivity contribution in [3.05, 3.63) is 56.6 Å². The molecule has 0 bridgehead atoms. The van der Waals surface area contributed by atoms with Crippen molar-refractivity contribution >= 4 is 24.2 Å². The Kier molecular flexibility index (Phi) is 11.1. The van der Waals surface area contributed by atoms with Crippen molar-refractivity contribution in [3.63, 3.8) is 0 Å². The van der Waals surface area contributed by atoms with Gasteiger partial charge in [0.05, 0.1) is 0 Å². The monoisotopic (exact) mass is 761 g/mol. The molecule has 0 aromatic heterocycles. The minimum Gasteiger partial charge on any atom is -0.412 e. The van der Waals surface area contributed by atoms with Gasteiger partial charge < -0.3 is 11.0 Å². The molecule has 0 unspecified atom stereocenters. The Morgan fingerprint density at radius 3 is 0.706 bits per heavy atom. The summed E-state index contributed by atoms with van der Waals surface area (Å²) in [5.41, 5.74) is 16.4. The van der Waals surface area contributed by atoms with Gasteiger partial charge in [-0.25, -0.2) is 0 Å². The Labute approximate surface area is 321 Å². The summed E-state index contributed by atoms with van der Waals surface area (Å²) in [6.45, 7) is 41.1. The Balaban J connectivity index is 0.00000292. The Bertz CT molecular complexity index is 1400. The molecule has 0 spiro atoms. The van der Waals surface area contributed by atoms with Crippen LogP contribution in [-0.2, 0) is 43.3 Å². The SMILES string of the molecule is CCC1(CC)CC(C)(C)c2c1cc1c([c]2[Ge][c]2c3c(cc4c2C(C)(C)CC4(CC)CC)C(CC)(CC)CC3(C)C)C(C)(C)CC1(CC)CC.O.O. The zero-order valence-electron chi connectivity index (χ0n) is 36.1. The second-order valence-corrected chi connectivity index (χ2v) is 23.1. The summed E-state index contributed by atoms with van der Waals surface area (Å²) in [5.74, 6) is 0. The second kappa shape index (κ2) is 13.3. The van der Waals surface area contributed by atoms with Crippen LogP contribution in [0.3, 0.4) is 0 Å². The van der Waals surface area contributed by atoms with Crippen molar-refractivity contribution in [1.82, 2.24) is 0 Å².